The van der Waals surface area contributed by atoms with Crippen molar-refractivity contribution in [1.29, 1.82) is 0 Å². The molecular formula is C50H78O7. The van der Waals surface area contributed by atoms with Gasteiger partial charge in [0.2, 0.25) is 0 Å². The van der Waals surface area contributed by atoms with E-state index in [0.29, 0.717) is 0 Å². The molecule has 0 unspecified atom stereocenters. The third-order valence-corrected chi connectivity index (χ3v) is 10.8. The number of hydrogen-bond donors (Lipinski definition) is 0. The number of esters is 4. The highest BCUT2D eigenvalue weighted by atomic mass is 16.6. The van der Waals surface area contributed by atoms with Gasteiger partial charge in [0.1, 0.15) is 22.6 Å². The smallest absolute Gasteiger partial charge is 0.349 e. The molecule has 320 valence electrons. The highest BCUT2D eigenvalue weighted by Gasteiger charge is 2.23. The molecule has 0 spiro atoms. The highest BCUT2D eigenvalue weighted by molar-refractivity contribution is 6.05. The van der Waals surface area contributed by atoms with Crippen LogP contribution >= 0.6 is 0 Å². The number of rotatable bonds is 36. The third kappa shape index (κ3) is 25.5. The quantitative estimate of drug-likeness (QED) is 0.0293. The van der Waals surface area contributed by atoms with Crippen molar-refractivity contribution in [3.63, 3.8) is 0 Å². The molecule has 57 heavy (non-hydrogen) atoms. The Morgan fingerprint density at radius 1 is 0.351 bits per heavy atom. The van der Waals surface area contributed by atoms with E-state index in [0.717, 1.165) is 38.5 Å². The summed E-state index contributed by atoms with van der Waals surface area (Å²) in [5.74, 6) is -2.66. The third-order valence-electron chi connectivity index (χ3n) is 10.8. The molecule has 0 atom stereocenters. The van der Waals surface area contributed by atoms with Gasteiger partial charge >= 0.3 is 23.9 Å². The van der Waals surface area contributed by atoms with Crippen molar-refractivity contribution < 1.29 is 33.4 Å². The van der Waals surface area contributed by atoms with E-state index in [1.165, 1.54) is 178 Å². The Morgan fingerprint density at radius 2 is 0.596 bits per heavy atom. The van der Waals surface area contributed by atoms with Crippen LogP contribution in [-0.2, 0) is 14.3 Å². The number of unbranched alkanes of at least 4 members (excludes halogenated alkanes) is 28. The lowest BCUT2D eigenvalue weighted by Crippen LogP contribution is -2.17. The van der Waals surface area contributed by atoms with Crippen LogP contribution in [0.4, 0.5) is 0 Å². The molecule has 0 fully saturated rings. The van der Waals surface area contributed by atoms with E-state index in [4.69, 9.17) is 14.2 Å². The molecule has 2 rings (SSSR count). The SMILES string of the molecule is CCCCCCCCCCCCCCCCCC(=O)Oc1ccccc1C(=O)OC(=O)c1ccccc1OC(=O)CCCCCCCCCCCCCCCCC. The zero-order valence-electron chi connectivity index (χ0n) is 36.1. The van der Waals surface area contributed by atoms with Crippen LogP contribution in [0.25, 0.3) is 0 Å². The second-order valence-electron chi connectivity index (χ2n) is 16.0. The van der Waals surface area contributed by atoms with Gasteiger partial charge in [0, 0.05) is 12.8 Å². The van der Waals surface area contributed by atoms with Crippen molar-refractivity contribution in [3.05, 3.63) is 59.7 Å². The monoisotopic (exact) mass is 791 g/mol. The zero-order valence-corrected chi connectivity index (χ0v) is 36.1. The Labute approximate surface area is 346 Å². The average Bonchev–Trinajstić information content (AvgIpc) is 3.21. The lowest BCUT2D eigenvalue weighted by molar-refractivity contribution is -0.135. The Balaban J connectivity index is 1.62. The van der Waals surface area contributed by atoms with Crippen molar-refractivity contribution in [3.8, 4) is 11.5 Å². The summed E-state index contributed by atoms with van der Waals surface area (Å²) >= 11 is 0. The summed E-state index contributed by atoms with van der Waals surface area (Å²) in [5, 5.41) is 0. The Hall–Kier alpha value is -3.48. The summed E-state index contributed by atoms with van der Waals surface area (Å²) in [4.78, 5) is 51.5. The molecular weight excluding hydrogens is 713 g/mol. The van der Waals surface area contributed by atoms with E-state index in [1.807, 2.05) is 0 Å². The number of benzene rings is 2. The molecule has 0 amide bonds. The summed E-state index contributed by atoms with van der Waals surface area (Å²) < 4.78 is 16.3. The second-order valence-corrected chi connectivity index (χ2v) is 16.0. The Bertz CT molecular complexity index is 1250. The molecule has 0 aliphatic carbocycles. The summed E-state index contributed by atoms with van der Waals surface area (Å²) in [7, 11) is 0. The van der Waals surface area contributed by atoms with Crippen molar-refractivity contribution in [2.24, 2.45) is 0 Å². The Kier molecular flexibility index (Phi) is 30.1. The van der Waals surface area contributed by atoms with Gasteiger partial charge in [0.15, 0.2) is 0 Å². The van der Waals surface area contributed by atoms with Crippen LogP contribution in [0.15, 0.2) is 48.5 Å². The molecule has 0 saturated heterocycles. The Morgan fingerprint density at radius 3 is 0.877 bits per heavy atom. The minimum absolute atomic E-state index is 0.0293. The first-order valence-electron chi connectivity index (χ1n) is 23.3. The maximum absolute atomic E-state index is 13.1. The molecule has 0 aliphatic rings. The molecule has 0 radical (unpaired) electrons. The van der Waals surface area contributed by atoms with Crippen molar-refractivity contribution in [2.45, 2.75) is 219 Å². The van der Waals surface area contributed by atoms with Crippen molar-refractivity contribution in [1.82, 2.24) is 0 Å². The molecule has 0 aliphatic heterocycles. The number of ether oxygens (including phenoxy) is 3. The van der Waals surface area contributed by atoms with E-state index in [2.05, 4.69) is 13.8 Å². The van der Waals surface area contributed by atoms with Gasteiger partial charge in [-0.3, -0.25) is 9.59 Å². The van der Waals surface area contributed by atoms with Gasteiger partial charge in [-0.15, -0.1) is 0 Å². The molecule has 2 aromatic rings. The molecule has 0 saturated carbocycles. The van der Waals surface area contributed by atoms with Crippen LogP contribution in [0.2, 0.25) is 0 Å². The van der Waals surface area contributed by atoms with Gasteiger partial charge in [-0.2, -0.15) is 0 Å². The normalized spacial score (nSPS) is 11.1. The fourth-order valence-corrected chi connectivity index (χ4v) is 7.27. The standard InChI is InChI=1S/C50H78O7/c1-3-5-7-9-11-13-15-17-19-21-23-25-27-29-31-41-47(51)55-45-39-35-33-37-43(45)49(53)57-50(54)44-38-34-36-40-46(44)56-48(52)42-32-30-28-26-24-22-20-18-16-14-12-10-8-6-4-2/h33-40H,3-32,41-42H2,1-2H3. The van der Waals surface area contributed by atoms with Gasteiger partial charge in [0.05, 0.1) is 0 Å². The maximum atomic E-state index is 13.1. The van der Waals surface area contributed by atoms with Crippen LogP contribution in [0.1, 0.15) is 240 Å². The van der Waals surface area contributed by atoms with Crippen LogP contribution in [0, 0.1) is 0 Å². The van der Waals surface area contributed by atoms with E-state index in [9.17, 15) is 19.2 Å². The summed E-state index contributed by atoms with van der Waals surface area (Å²) in [6.07, 6.45) is 37.8. The van der Waals surface area contributed by atoms with E-state index in [-0.39, 0.29) is 35.5 Å². The largest absolute Gasteiger partial charge is 0.426 e. The fourth-order valence-electron chi connectivity index (χ4n) is 7.27. The lowest BCUT2D eigenvalue weighted by atomic mass is 10.0. The fraction of sp³-hybridized carbons (Fsp3) is 0.680. The first kappa shape index (κ1) is 49.7. The van der Waals surface area contributed by atoms with Crippen LogP contribution in [0.5, 0.6) is 11.5 Å². The minimum Gasteiger partial charge on any atom is -0.426 e. The maximum Gasteiger partial charge on any atom is 0.349 e. The van der Waals surface area contributed by atoms with Gasteiger partial charge in [0.25, 0.3) is 0 Å². The van der Waals surface area contributed by atoms with E-state index < -0.39 is 23.9 Å². The molecule has 0 heterocycles. The summed E-state index contributed by atoms with van der Waals surface area (Å²) in [6.45, 7) is 4.52. The molecule has 7 nitrogen and oxygen atoms in total. The van der Waals surface area contributed by atoms with Crippen molar-refractivity contribution in [2.75, 3.05) is 0 Å². The van der Waals surface area contributed by atoms with Crippen LogP contribution in [-0.4, -0.2) is 23.9 Å². The van der Waals surface area contributed by atoms with Crippen molar-refractivity contribution >= 4 is 23.9 Å². The lowest BCUT2D eigenvalue weighted by Gasteiger charge is -2.11. The topological polar surface area (TPSA) is 96.0 Å². The number of carbonyl (C=O) groups excluding carboxylic acids is 4. The minimum atomic E-state index is -0.950. The molecule has 0 aromatic heterocycles. The van der Waals surface area contributed by atoms with Gasteiger partial charge in [-0.1, -0.05) is 218 Å². The summed E-state index contributed by atoms with van der Waals surface area (Å²) in [6, 6.07) is 12.5. The number of carbonyl (C=O) groups is 4. The predicted octanol–water partition coefficient (Wildman–Crippen LogP) is 15.0. The van der Waals surface area contributed by atoms with E-state index >= 15 is 0 Å². The molecule has 7 heteroatoms. The van der Waals surface area contributed by atoms with Crippen LogP contribution < -0.4 is 9.47 Å². The predicted molar refractivity (Wildman–Crippen MR) is 233 cm³/mol. The van der Waals surface area contributed by atoms with E-state index in [1.54, 1.807) is 24.3 Å². The summed E-state index contributed by atoms with van der Waals surface area (Å²) in [5.41, 5.74) is -0.0586. The molecule has 2 aromatic carbocycles. The number of hydrogen-bond acceptors (Lipinski definition) is 7. The highest BCUT2D eigenvalue weighted by Crippen LogP contribution is 2.24. The van der Waals surface area contributed by atoms with Crippen LogP contribution in [0.3, 0.4) is 0 Å². The van der Waals surface area contributed by atoms with Gasteiger partial charge in [-0.05, 0) is 37.1 Å². The molecule has 0 bridgehead atoms. The number of para-hydroxylation sites is 2. The average molecular weight is 791 g/mol. The van der Waals surface area contributed by atoms with Gasteiger partial charge in [-0.25, -0.2) is 9.59 Å². The first-order chi connectivity index (χ1) is 28.0. The second kappa shape index (κ2) is 34.6. The molecule has 0 N–H and O–H groups in total. The van der Waals surface area contributed by atoms with Gasteiger partial charge < -0.3 is 14.2 Å². The first-order valence-corrected chi connectivity index (χ1v) is 23.3. The zero-order chi connectivity index (χ0) is 41.0.